The molecule has 0 aliphatic rings. The number of carbonyl (C=O) groups is 4. The predicted octanol–water partition coefficient (Wildman–Crippen LogP) is 5.01. The SMILES string of the molecule is CC(C)(C)OC(=O)N(CC(F)(F)F)c1cc(-c2nc(C(=O)Nc3cn(-c4ccc(C(=O)NCCCN=[N+]=[N-])cc4)nc3C(N)=O)co2)ccn1. The molecule has 0 unspecified atom stereocenters. The number of nitrogens with one attached hydrogen (secondary N) is 2. The molecule has 0 atom stereocenters. The minimum atomic E-state index is -4.78. The number of pyridine rings is 1. The number of halogens is 3. The standard InChI is InChI=1S/C30H30F3N11O6/c1-29(2,3)50-28(48)43(16-30(31,32)33)22-13-18(9-12-36-22)27-40-21(15-49-27)26(47)39-20-14-44(41-23(20)24(34)45)19-7-5-17(6-8-19)25(46)37-10-4-11-38-42-35/h5-9,12-15H,4,10-11,16H2,1-3H3,(H2,34,45)(H,37,46)(H,39,47). The van der Waals surface area contributed by atoms with Gasteiger partial charge in [-0.1, -0.05) is 5.11 Å². The number of azide groups is 1. The van der Waals surface area contributed by atoms with E-state index in [2.05, 4.69) is 35.7 Å². The lowest BCUT2D eigenvalue weighted by atomic mass is 10.2. The number of hydrogen-bond donors (Lipinski definition) is 3. The molecule has 0 saturated carbocycles. The van der Waals surface area contributed by atoms with E-state index in [0.717, 1.165) is 18.5 Å². The van der Waals surface area contributed by atoms with Gasteiger partial charge >= 0.3 is 12.3 Å². The number of anilines is 2. The summed E-state index contributed by atoms with van der Waals surface area (Å²) in [4.78, 5) is 61.2. The molecule has 1 aromatic carbocycles. The molecule has 4 amide bonds. The Hall–Kier alpha value is -6.43. The minimum Gasteiger partial charge on any atom is -0.444 e. The molecule has 0 spiro atoms. The van der Waals surface area contributed by atoms with Crippen LogP contribution in [0.2, 0.25) is 0 Å². The number of ether oxygens (including phenoxy) is 1. The van der Waals surface area contributed by atoms with Crippen molar-refractivity contribution < 1.29 is 41.5 Å². The Morgan fingerprint density at radius 2 is 1.84 bits per heavy atom. The van der Waals surface area contributed by atoms with Crippen molar-refractivity contribution >= 4 is 35.3 Å². The molecule has 17 nitrogen and oxygen atoms in total. The Labute approximate surface area is 281 Å². The molecule has 0 fully saturated rings. The number of carbonyl (C=O) groups excluding carboxylic acids is 4. The van der Waals surface area contributed by atoms with Crippen molar-refractivity contribution in [3.8, 4) is 17.1 Å². The maximum absolute atomic E-state index is 13.4. The summed E-state index contributed by atoms with van der Waals surface area (Å²) in [5.41, 5.74) is 12.9. The summed E-state index contributed by atoms with van der Waals surface area (Å²) in [6.45, 7) is 3.35. The summed E-state index contributed by atoms with van der Waals surface area (Å²) >= 11 is 0. The molecular formula is C30H30F3N11O6. The van der Waals surface area contributed by atoms with E-state index in [-0.39, 0.29) is 41.0 Å². The van der Waals surface area contributed by atoms with Gasteiger partial charge in [-0.15, -0.1) is 0 Å². The van der Waals surface area contributed by atoms with Crippen LogP contribution in [0.3, 0.4) is 0 Å². The summed E-state index contributed by atoms with van der Waals surface area (Å²) in [7, 11) is 0. The number of alkyl halides is 3. The molecule has 4 aromatic rings. The van der Waals surface area contributed by atoms with Crippen LogP contribution in [0, 0.1) is 0 Å². The van der Waals surface area contributed by atoms with E-state index in [1.54, 1.807) is 12.1 Å². The number of amides is 4. The Morgan fingerprint density at radius 3 is 2.48 bits per heavy atom. The highest BCUT2D eigenvalue weighted by Gasteiger charge is 2.37. The zero-order chi connectivity index (χ0) is 36.6. The van der Waals surface area contributed by atoms with Crippen LogP contribution >= 0.6 is 0 Å². The number of primary amides is 1. The average Bonchev–Trinajstić information content (AvgIpc) is 3.71. The van der Waals surface area contributed by atoms with Gasteiger partial charge in [-0.25, -0.2) is 19.4 Å². The van der Waals surface area contributed by atoms with Crippen molar-refractivity contribution in [3.63, 3.8) is 0 Å². The highest BCUT2D eigenvalue weighted by atomic mass is 19.4. The highest BCUT2D eigenvalue weighted by Crippen LogP contribution is 2.27. The molecule has 4 N–H and O–H groups in total. The molecule has 0 bridgehead atoms. The topological polar surface area (TPSA) is 236 Å². The van der Waals surface area contributed by atoms with Gasteiger partial charge in [0.25, 0.3) is 17.7 Å². The second-order valence-electron chi connectivity index (χ2n) is 11.4. The lowest BCUT2D eigenvalue weighted by Crippen LogP contribution is -2.42. The molecule has 0 aliphatic heterocycles. The molecule has 0 aliphatic carbocycles. The van der Waals surface area contributed by atoms with Gasteiger partial charge in [-0.3, -0.25) is 19.3 Å². The first-order chi connectivity index (χ1) is 23.5. The average molecular weight is 698 g/mol. The zero-order valence-corrected chi connectivity index (χ0v) is 26.8. The number of benzene rings is 1. The maximum atomic E-state index is 13.4. The van der Waals surface area contributed by atoms with Gasteiger partial charge in [-0.2, -0.15) is 18.3 Å². The van der Waals surface area contributed by atoms with Crippen LogP contribution in [0.25, 0.3) is 27.6 Å². The number of nitrogens with two attached hydrogens (primary N) is 1. The van der Waals surface area contributed by atoms with Crippen LogP contribution in [-0.4, -0.2) is 75.0 Å². The fourth-order valence-corrected chi connectivity index (χ4v) is 4.18. The van der Waals surface area contributed by atoms with E-state index >= 15 is 0 Å². The second-order valence-corrected chi connectivity index (χ2v) is 11.4. The molecule has 20 heteroatoms. The first-order valence-electron chi connectivity index (χ1n) is 14.6. The van der Waals surface area contributed by atoms with Gasteiger partial charge in [0.05, 0.1) is 17.6 Å². The summed E-state index contributed by atoms with van der Waals surface area (Å²) in [6, 6.07) is 8.57. The third-order valence-corrected chi connectivity index (χ3v) is 6.33. The van der Waals surface area contributed by atoms with Gasteiger partial charge < -0.3 is 25.5 Å². The van der Waals surface area contributed by atoms with E-state index in [9.17, 15) is 32.3 Å². The van der Waals surface area contributed by atoms with Crippen LogP contribution in [0.5, 0.6) is 0 Å². The van der Waals surface area contributed by atoms with Crippen molar-refractivity contribution in [3.05, 3.63) is 82.4 Å². The molecule has 3 heterocycles. The van der Waals surface area contributed by atoms with Gasteiger partial charge in [0.1, 0.15) is 24.2 Å². The molecule has 50 heavy (non-hydrogen) atoms. The van der Waals surface area contributed by atoms with Crippen LogP contribution in [0.1, 0.15) is 58.5 Å². The largest absolute Gasteiger partial charge is 0.444 e. The predicted molar refractivity (Wildman–Crippen MR) is 170 cm³/mol. The Balaban J connectivity index is 1.50. The molecule has 3 aromatic heterocycles. The van der Waals surface area contributed by atoms with Crippen molar-refractivity contribution in [2.24, 2.45) is 10.8 Å². The molecular weight excluding hydrogens is 667 g/mol. The fraction of sp³-hybridized carbons (Fsp3) is 0.300. The Morgan fingerprint density at radius 1 is 1.12 bits per heavy atom. The number of oxazole rings is 1. The van der Waals surface area contributed by atoms with Crippen molar-refractivity contribution in [2.75, 3.05) is 29.9 Å². The van der Waals surface area contributed by atoms with Gasteiger partial charge in [0.2, 0.25) is 5.89 Å². The number of rotatable bonds is 12. The van der Waals surface area contributed by atoms with Gasteiger partial charge in [0.15, 0.2) is 11.4 Å². The molecule has 262 valence electrons. The minimum absolute atomic E-state index is 0.0831. The van der Waals surface area contributed by atoms with E-state index < -0.39 is 42.0 Å². The first-order valence-corrected chi connectivity index (χ1v) is 14.6. The number of aromatic nitrogens is 4. The van der Waals surface area contributed by atoms with Crippen molar-refractivity contribution in [2.45, 2.75) is 39.0 Å². The zero-order valence-electron chi connectivity index (χ0n) is 26.8. The Bertz CT molecular complexity index is 1930. The van der Waals surface area contributed by atoms with E-state index in [1.807, 2.05) is 0 Å². The second kappa shape index (κ2) is 15.2. The first kappa shape index (κ1) is 36.4. The monoisotopic (exact) mass is 697 g/mol. The summed E-state index contributed by atoms with van der Waals surface area (Å²) in [6.07, 6.45) is -2.19. The Kier molecular flexibility index (Phi) is 11.1. The number of nitrogens with zero attached hydrogens (tertiary/aromatic N) is 8. The third-order valence-electron chi connectivity index (χ3n) is 6.33. The quantitative estimate of drug-likeness (QED) is 0.0780. The fourth-order valence-electron chi connectivity index (χ4n) is 4.18. The lowest BCUT2D eigenvalue weighted by molar-refractivity contribution is -0.119. The van der Waals surface area contributed by atoms with Crippen LogP contribution in [0.15, 0.2) is 64.6 Å². The van der Waals surface area contributed by atoms with E-state index in [4.69, 9.17) is 20.4 Å². The van der Waals surface area contributed by atoms with E-state index in [1.165, 1.54) is 49.8 Å². The third kappa shape index (κ3) is 9.80. The summed E-state index contributed by atoms with van der Waals surface area (Å²) in [5, 5.41) is 12.7. The van der Waals surface area contributed by atoms with Crippen LogP contribution in [0.4, 0.5) is 29.5 Å². The smallest absolute Gasteiger partial charge is 0.416 e. The van der Waals surface area contributed by atoms with Gasteiger partial charge in [-0.05, 0) is 69.1 Å². The van der Waals surface area contributed by atoms with Gasteiger partial charge in [0, 0.05) is 35.3 Å². The van der Waals surface area contributed by atoms with Crippen molar-refractivity contribution in [1.82, 2.24) is 25.1 Å². The molecule has 0 radical (unpaired) electrons. The highest BCUT2D eigenvalue weighted by molar-refractivity contribution is 6.07. The van der Waals surface area contributed by atoms with Crippen LogP contribution < -0.4 is 21.3 Å². The lowest BCUT2D eigenvalue weighted by Gasteiger charge is -2.27. The summed E-state index contributed by atoms with van der Waals surface area (Å²) < 4.78 is 51.8. The maximum Gasteiger partial charge on any atom is 0.416 e. The van der Waals surface area contributed by atoms with E-state index in [0.29, 0.717) is 29.1 Å². The number of hydrogen-bond acceptors (Lipinski definition) is 10. The van der Waals surface area contributed by atoms with Crippen LogP contribution in [-0.2, 0) is 4.74 Å². The van der Waals surface area contributed by atoms with Crippen molar-refractivity contribution in [1.29, 1.82) is 0 Å². The molecule has 0 saturated heterocycles. The summed E-state index contributed by atoms with van der Waals surface area (Å²) in [5.74, 6) is -2.78. The molecule has 4 rings (SSSR count). The normalized spacial score (nSPS) is 11.3.